The fraction of sp³-hybridized carbons (Fsp3) is 0.533. The van der Waals surface area contributed by atoms with E-state index in [4.69, 9.17) is 11.1 Å². The number of hydrogen-bond donors (Lipinski definition) is 3. The Morgan fingerprint density at radius 1 is 1.50 bits per heavy atom. The van der Waals surface area contributed by atoms with Gasteiger partial charge in [-0.2, -0.15) is 0 Å². The zero-order valence-electron chi connectivity index (χ0n) is 12.4. The first-order valence-electron chi connectivity index (χ1n) is 6.93. The maximum atomic E-state index is 10.0. The van der Waals surface area contributed by atoms with Crippen LogP contribution in [0, 0.1) is 12.3 Å². The number of nitrogens with two attached hydrogens (primary N) is 1. The summed E-state index contributed by atoms with van der Waals surface area (Å²) in [7, 11) is 4.07. The van der Waals surface area contributed by atoms with Gasteiger partial charge in [-0.3, -0.25) is 5.41 Å². The number of aliphatic hydroxyl groups is 1. The molecule has 1 saturated heterocycles. The van der Waals surface area contributed by atoms with E-state index in [1.807, 2.05) is 39.2 Å². The molecule has 0 bridgehead atoms. The van der Waals surface area contributed by atoms with Crippen LogP contribution in [0.5, 0.6) is 0 Å². The van der Waals surface area contributed by atoms with Gasteiger partial charge in [0.1, 0.15) is 5.84 Å². The summed E-state index contributed by atoms with van der Waals surface area (Å²) in [6, 6.07) is 6.07. The molecule has 1 fully saturated rings. The average molecular weight is 276 g/mol. The molecule has 5 nitrogen and oxygen atoms in total. The van der Waals surface area contributed by atoms with Gasteiger partial charge in [0, 0.05) is 24.7 Å². The topological polar surface area (TPSA) is 76.6 Å². The summed E-state index contributed by atoms with van der Waals surface area (Å²) in [5.41, 5.74) is 8.55. The Kier molecular flexibility index (Phi) is 4.30. The van der Waals surface area contributed by atoms with Crippen molar-refractivity contribution in [2.45, 2.75) is 25.5 Å². The van der Waals surface area contributed by atoms with E-state index < -0.39 is 0 Å². The van der Waals surface area contributed by atoms with E-state index in [9.17, 15) is 5.11 Å². The van der Waals surface area contributed by atoms with Crippen molar-refractivity contribution in [3.8, 4) is 0 Å². The highest BCUT2D eigenvalue weighted by Gasteiger charge is 2.33. The van der Waals surface area contributed by atoms with Crippen LogP contribution in [0.4, 0.5) is 5.69 Å². The van der Waals surface area contributed by atoms with Crippen molar-refractivity contribution in [2.75, 3.05) is 32.1 Å². The Morgan fingerprint density at radius 3 is 2.80 bits per heavy atom. The molecule has 2 unspecified atom stereocenters. The quantitative estimate of drug-likeness (QED) is 0.561. The maximum Gasteiger partial charge on any atom is 0.124 e. The van der Waals surface area contributed by atoms with Crippen molar-refractivity contribution in [1.82, 2.24) is 4.90 Å². The van der Waals surface area contributed by atoms with Crippen molar-refractivity contribution < 1.29 is 5.11 Å². The zero-order valence-corrected chi connectivity index (χ0v) is 12.4. The molecule has 0 aromatic heterocycles. The van der Waals surface area contributed by atoms with Gasteiger partial charge in [0.25, 0.3) is 0 Å². The monoisotopic (exact) mass is 276 g/mol. The Bertz CT molecular complexity index is 501. The predicted octanol–water partition coefficient (Wildman–Crippen LogP) is 0.780. The SMILES string of the molecule is Cc1cccc(C(=N)N)c1N1CC(O)CC1CN(C)C. The molecule has 110 valence electrons. The van der Waals surface area contributed by atoms with Crippen LogP contribution in [0.1, 0.15) is 17.5 Å². The molecule has 4 N–H and O–H groups in total. The summed E-state index contributed by atoms with van der Waals surface area (Å²) in [5.74, 6) is 0.0775. The zero-order chi connectivity index (χ0) is 14.9. The highest BCUT2D eigenvalue weighted by molar-refractivity contribution is 6.01. The lowest BCUT2D eigenvalue weighted by Crippen LogP contribution is -2.39. The summed E-state index contributed by atoms with van der Waals surface area (Å²) in [4.78, 5) is 4.33. The van der Waals surface area contributed by atoms with Crippen molar-refractivity contribution >= 4 is 11.5 Å². The van der Waals surface area contributed by atoms with Gasteiger partial charge in [0.2, 0.25) is 0 Å². The first kappa shape index (κ1) is 14.8. The molecule has 20 heavy (non-hydrogen) atoms. The second-order valence-corrected chi connectivity index (χ2v) is 5.84. The smallest absolute Gasteiger partial charge is 0.124 e. The van der Waals surface area contributed by atoms with Crippen LogP contribution in [0.15, 0.2) is 18.2 Å². The lowest BCUT2D eigenvalue weighted by Gasteiger charge is -2.31. The van der Waals surface area contributed by atoms with E-state index in [0.717, 1.165) is 29.8 Å². The normalized spacial score (nSPS) is 22.6. The standard InChI is InChI=1S/C15H24N4O/c1-10-5-4-6-13(15(16)17)14(10)19-9-12(20)7-11(19)8-18(2)3/h4-6,11-12,20H,7-9H2,1-3H3,(H3,16,17). The number of anilines is 1. The van der Waals surface area contributed by atoms with E-state index in [-0.39, 0.29) is 18.0 Å². The van der Waals surface area contributed by atoms with Crippen molar-refractivity contribution in [3.63, 3.8) is 0 Å². The molecule has 2 rings (SSSR count). The average Bonchev–Trinajstić information content (AvgIpc) is 2.68. The third kappa shape index (κ3) is 2.94. The maximum absolute atomic E-state index is 10.0. The fourth-order valence-corrected chi connectivity index (χ4v) is 3.02. The number of nitrogen functional groups attached to an aromatic ring is 1. The van der Waals surface area contributed by atoms with Crippen LogP contribution in [0.2, 0.25) is 0 Å². The van der Waals surface area contributed by atoms with Gasteiger partial charge in [-0.15, -0.1) is 0 Å². The molecule has 1 aromatic carbocycles. The third-order valence-corrected chi connectivity index (χ3v) is 3.78. The number of β-amino-alcohol motifs (C(OH)–C–C–N with tert-alkyl or cyclic N) is 1. The minimum absolute atomic E-state index is 0.0775. The van der Waals surface area contributed by atoms with Crippen LogP contribution in [0.25, 0.3) is 0 Å². The van der Waals surface area contributed by atoms with Crippen LogP contribution in [-0.4, -0.2) is 55.2 Å². The highest BCUT2D eigenvalue weighted by Crippen LogP contribution is 2.32. The van der Waals surface area contributed by atoms with Gasteiger partial charge in [-0.1, -0.05) is 12.1 Å². The Hall–Kier alpha value is -1.59. The molecular weight excluding hydrogens is 252 g/mol. The van der Waals surface area contributed by atoms with Crippen LogP contribution in [-0.2, 0) is 0 Å². The first-order chi connectivity index (χ1) is 9.40. The summed E-state index contributed by atoms with van der Waals surface area (Å²) in [5, 5.41) is 17.8. The molecule has 1 aliphatic rings. The van der Waals surface area contributed by atoms with Crippen molar-refractivity contribution in [2.24, 2.45) is 5.73 Å². The fourth-order valence-electron chi connectivity index (χ4n) is 3.02. The van der Waals surface area contributed by atoms with Crippen LogP contribution in [0.3, 0.4) is 0 Å². The highest BCUT2D eigenvalue weighted by atomic mass is 16.3. The van der Waals surface area contributed by atoms with Gasteiger partial charge >= 0.3 is 0 Å². The van der Waals surface area contributed by atoms with E-state index >= 15 is 0 Å². The molecule has 0 spiro atoms. The van der Waals surface area contributed by atoms with Crippen LogP contribution < -0.4 is 10.6 Å². The van der Waals surface area contributed by atoms with Crippen molar-refractivity contribution in [3.05, 3.63) is 29.3 Å². The molecule has 0 amide bonds. The summed E-state index contributed by atoms with van der Waals surface area (Å²) >= 11 is 0. The number of hydrogen-bond acceptors (Lipinski definition) is 4. The van der Waals surface area contributed by atoms with Gasteiger partial charge in [0.05, 0.1) is 11.8 Å². The van der Waals surface area contributed by atoms with E-state index in [2.05, 4.69) is 9.80 Å². The third-order valence-electron chi connectivity index (χ3n) is 3.78. The van der Waals surface area contributed by atoms with E-state index in [0.29, 0.717) is 6.54 Å². The Balaban J connectivity index is 2.41. The van der Waals surface area contributed by atoms with E-state index in [1.54, 1.807) is 0 Å². The number of para-hydroxylation sites is 1. The molecule has 0 aliphatic carbocycles. The predicted molar refractivity (Wildman–Crippen MR) is 82.5 cm³/mol. The lowest BCUT2D eigenvalue weighted by molar-refractivity contribution is 0.191. The molecule has 1 aromatic rings. The minimum atomic E-state index is -0.320. The number of amidine groups is 1. The molecular formula is C15H24N4O. The number of likely N-dealkylation sites (N-methyl/N-ethyl adjacent to an activating group) is 1. The first-order valence-corrected chi connectivity index (χ1v) is 6.93. The van der Waals surface area contributed by atoms with Crippen molar-refractivity contribution in [1.29, 1.82) is 5.41 Å². The molecule has 1 aliphatic heterocycles. The molecule has 0 saturated carbocycles. The second-order valence-electron chi connectivity index (χ2n) is 5.84. The largest absolute Gasteiger partial charge is 0.391 e. The lowest BCUT2D eigenvalue weighted by atomic mass is 10.0. The Morgan fingerprint density at radius 2 is 2.20 bits per heavy atom. The molecule has 5 heteroatoms. The summed E-state index contributed by atoms with van der Waals surface area (Å²) in [6.45, 7) is 3.51. The van der Waals surface area contributed by atoms with Crippen LogP contribution >= 0.6 is 0 Å². The van der Waals surface area contributed by atoms with Gasteiger partial charge < -0.3 is 20.6 Å². The van der Waals surface area contributed by atoms with Gasteiger partial charge in [-0.05, 0) is 39.1 Å². The molecule has 0 radical (unpaired) electrons. The summed E-state index contributed by atoms with van der Waals surface area (Å²) < 4.78 is 0. The number of nitrogens with one attached hydrogen (secondary N) is 1. The van der Waals surface area contributed by atoms with Gasteiger partial charge in [0.15, 0.2) is 0 Å². The number of rotatable bonds is 4. The second kappa shape index (κ2) is 5.81. The number of aliphatic hydroxyl groups excluding tert-OH is 1. The summed E-state index contributed by atoms with van der Waals surface area (Å²) in [6.07, 6.45) is 0.434. The number of benzene rings is 1. The number of aryl methyl sites for hydroxylation is 1. The molecule has 1 heterocycles. The van der Waals surface area contributed by atoms with Gasteiger partial charge in [-0.25, -0.2) is 0 Å². The Labute approximate surface area is 120 Å². The number of nitrogens with zero attached hydrogens (tertiary/aromatic N) is 2. The molecule has 2 atom stereocenters. The van der Waals surface area contributed by atoms with E-state index in [1.165, 1.54) is 0 Å². The minimum Gasteiger partial charge on any atom is -0.391 e.